The third-order valence-electron chi connectivity index (χ3n) is 2.85. The summed E-state index contributed by atoms with van der Waals surface area (Å²) in [6.45, 7) is 5.65. The van der Waals surface area contributed by atoms with Crippen molar-refractivity contribution >= 4 is 11.7 Å². The Bertz CT molecular complexity index is 439. The van der Waals surface area contributed by atoms with Gasteiger partial charge >= 0.3 is 0 Å². The summed E-state index contributed by atoms with van der Waals surface area (Å²) in [5, 5.41) is 11.6. The van der Waals surface area contributed by atoms with E-state index in [1.165, 1.54) is 0 Å². The van der Waals surface area contributed by atoms with Gasteiger partial charge in [0.1, 0.15) is 11.5 Å². The second-order valence-electron chi connectivity index (χ2n) is 4.53. The minimum absolute atomic E-state index is 0.0196. The molecule has 0 unspecified atom stereocenters. The minimum atomic E-state index is 0.0196. The number of amidine groups is 1. The maximum Gasteiger partial charge on any atom is 0.188 e. The highest BCUT2D eigenvalue weighted by Gasteiger charge is 2.23. The van der Waals surface area contributed by atoms with Gasteiger partial charge in [0, 0.05) is 13.1 Å². The van der Waals surface area contributed by atoms with E-state index in [4.69, 9.17) is 15.7 Å². The topological polar surface area (TPSA) is 84.0 Å². The predicted octanol–water partition coefficient (Wildman–Crippen LogP) is 0.790. The first-order chi connectivity index (χ1) is 8.60. The van der Waals surface area contributed by atoms with E-state index in [1.54, 1.807) is 6.07 Å². The molecule has 2 heterocycles. The van der Waals surface area contributed by atoms with Gasteiger partial charge < -0.3 is 20.6 Å². The Morgan fingerprint density at radius 1 is 1.44 bits per heavy atom. The molecule has 0 saturated carbocycles. The number of nitrogens with two attached hydrogens (primary N) is 1. The van der Waals surface area contributed by atoms with Gasteiger partial charge in [-0.25, -0.2) is 4.98 Å². The van der Waals surface area contributed by atoms with Crippen molar-refractivity contribution in [3.63, 3.8) is 0 Å². The summed E-state index contributed by atoms with van der Waals surface area (Å²) in [4.78, 5) is 6.54. The fourth-order valence-electron chi connectivity index (χ4n) is 2.16. The van der Waals surface area contributed by atoms with Crippen molar-refractivity contribution < 1.29 is 9.94 Å². The average Bonchev–Trinajstić information content (AvgIpc) is 2.37. The molecule has 6 nitrogen and oxygen atoms in total. The van der Waals surface area contributed by atoms with Crippen molar-refractivity contribution in [2.24, 2.45) is 10.9 Å². The average molecular weight is 250 g/mol. The van der Waals surface area contributed by atoms with Crippen molar-refractivity contribution in [2.45, 2.75) is 26.1 Å². The molecule has 0 radical (unpaired) electrons. The molecule has 1 aromatic rings. The quantitative estimate of drug-likeness (QED) is 0.351. The second kappa shape index (κ2) is 5.22. The first kappa shape index (κ1) is 12.6. The van der Waals surface area contributed by atoms with E-state index in [1.807, 2.05) is 26.0 Å². The van der Waals surface area contributed by atoms with Gasteiger partial charge in [0.25, 0.3) is 0 Å². The molecular weight excluding hydrogens is 232 g/mol. The van der Waals surface area contributed by atoms with Crippen LogP contribution in [0.1, 0.15) is 19.5 Å². The lowest BCUT2D eigenvalue weighted by Crippen LogP contribution is -2.46. The maximum atomic E-state index is 8.66. The molecule has 0 aliphatic carbocycles. The molecule has 1 fully saturated rings. The van der Waals surface area contributed by atoms with Crippen LogP contribution < -0.4 is 10.6 Å². The molecule has 18 heavy (non-hydrogen) atoms. The number of anilines is 1. The third kappa shape index (κ3) is 2.70. The molecule has 1 saturated heterocycles. The van der Waals surface area contributed by atoms with Crippen molar-refractivity contribution in [2.75, 3.05) is 18.0 Å². The number of aromatic nitrogens is 1. The van der Waals surface area contributed by atoms with Crippen LogP contribution in [0.5, 0.6) is 0 Å². The van der Waals surface area contributed by atoms with Crippen molar-refractivity contribution in [3.8, 4) is 0 Å². The molecule has 0 bridgehead atoms. The fourth-order valence-corrected chi connectivity index (χ4v) is 2.16. The lowest BCUT2D eigenvalue weighted by molar-refractivity contribution is -0.00546. The first-order valence-corrected chi connectivity index (χ1v) is 5.95. The van der Waals surface area contributed by atoms with E-state index in [-0.39, 0.29) is 18.0 Å². The van der Waals surface area contributed by atoms with Gasteiger partial charge in [-0.05, 0) is 26.0 Å². The number of morpholine rings is 1. The molecule has 3 N–H and O–H groups in total. The van der Waals surface area contributed by atoms with Gasteiger partial charge in [0.05, 0.1) is 12.2 Å². The predicted molar refractivity (Wildman–Crippen MR) is 69.0 cm³/mol. The van der Waals surface area contributed by atoms with Crippen LogP contribution >= 0.6 is 0 Å². The van der Waals surface area contributed by atoms with Crippen LogP contribution in [0.2, 0.25) is 0 Å². The Morgan fingerprint density at radius 3 is 2.72 bits per heavy atom. The van der Waals surface area contributed by atoms with Gasteiger partial charge in [-0.2, -0.15) is 0 Å². The molecule has 2 rings (SSSR count). The van der Waals surface area contributed by atoms with Crippen LogP contribution in [-0.4, -0.2) is 41.3 Å². The number of pyridine rings is 1. The number of oxime groups is 1. The van der Waals surface area contributed by atoms with Crippen molar-refractivity contribution in [1.82, 2.24) is 4.98 Å². The Kier molecular flexibility index (Phi) is 3.66. The Morgan fingerprint density at radius 2 is 2.11 bits per heavy atom. The highest BCUT2D eigenvalue weighted by atomic mass is 16.5. The number of hydrogen-bond donors (Lipinski definition) is 2. The largest absolute Gasteiger partial charge is 0.409 e. The number of ether oxygens (including phenoxy) is 1. The van der Waals surface area contributed by atoms with E-state index in [9.17, 15) is 0 Å². The Hall–Kier alpha value is -1.82. The summed E-state index contributed by atoms with van der Waals surface area (Å²) >= 11 is 0. The fraction of sp³-hybridized carbons (Fsp3) is 0.500. The zero-order valence-corrected chi connectivity index (χ0v) is 10.6. The van der Waals surface area contributed by atoms with Crippen LogP contribution in [0.15, 0.2) is 23.4 Å². The summed E-state index contributed by atoms with van der Waals surface area (Å²) in [6.07, 6.45) is 0.339. The summed E-state index contributed by atoms with van der Waals surface area (Å²) in [5.41, 5.74) is 6.02. The number of hydrogen-bond acceptors (Lipinski definition) is 5. The van der Waals surface area contributed by atoms with Gasteiger partial charge in [-0.3, -0.25) is 0 Å². The smallest absolute Gasteiger partial charge is 0.188 e. The Labute approximate surface area is 106 Å². The van der Waals surface area contributed by atoms with Crippen LogP contribution in [0, 0.1) is 0 Å². The van der Waals surface area contributed by atoms with E-state index in [0.29, 0.717) is 5.69 Å². The molecule has 0 aromatic carbocycles. The normalized spacial score (nSPS) is 25.2. The van der Waals surface area contributed by atoms with E-state index < -0.39 is 0 Å². The van der Waals surface area contributed by atoms with Crippen molar-refractivity contribution in [1.29, 1.82) is 0 Å². The van der Waals surface area contributed by atoms with Gasteiger partial charge in [-0.15, -0.1) is 0 Å². The van der Waals surface area contributed by atoms with E-state index >= 15 is 0 Å². The monoisotopic (exact) mass is 250 g/mol. The number of nitrogens with zero attached hydrogens (tertiary/aromatic N) is 3. The lowest BCUT2D eigenvalue weighted by Gasteiger charge is -2.36. The van der Waals surface area contributed by atoms with E-state index in [0.717, 1.165) is 18.9 Å². The first-order valence-electron chi connectivity index (χ1n) is 5.95. The molecule has 98 valence electrons. The summed E-state index contributed by atoms with van der Waals surface area (Å²) in [5.74, 6) is 0.840. The minimum Gasteiger partial charge on any atom is -0.409 e. The zero-order chi connectivity index (χ0) is 13.1. The highest BCUT2D eigenvalue weighted by molar-refractivity contribution is 5.95. The van der Waals surface area contributed by atoms with Crippen molar-refractivity contribution in [3.05, 3.63) is 23.9 Å². The molecular formula is C12H18N4O2. The standard InChI is InChI=1S/C12H18N4O2/c1-8-6-16(7-9(2)18-8)11-5-3-4-10(14-11)12(13)15-17/h3-5,8-9,17H,6-7H2,1-2H3,(H2,13,15)/t8-,9+. The SMILES string of the molecule is C[C@@H]1CN(c2cccc(/C(N)=N/O)n2)C[C@H](C)O1. The summed E-state index contributed by atoms with van der Waals surface area (Å²) in [7, 11) is 0. The zero-order valence-electron chi connectivity index (χ0n) is 10.6. The molecule has 6 heteroatoms. The molecule has 0 amide bonds. The highest BCUT2D eigenvalue weighted by Crippen LogP contribution is 2.18. The maximum absolute atomic E-state index is 8.66. The summed E-state index contributed by atoms with van der Waals surface area (Å²) in [6, 6.07) is 5.48. The van der Waals surface area contributed by atoms with Gasteiger partial charge in [-0.1, -0.05) is 11.2 Å². The second-order valence-corrected chi connectivity index (χ2v) is 4.53. The van der Waals surface area contributed by atoms with Crippen LogP contribution in [0.25, 0.3) is 0 Å². The van der Waals surface area contributed by atoms with Crippen LogP contribution in [-0.2, 0) is 4.74 Å². The van der Waals surface area contributed by atoms with Gasteiger partial charge in [0.2, 0.25) is 0 Å². The van der Waals surface area contributed by atoms with Crippen LogP contribution in [0.3, 0.4) is 0 Å². The molecule has 1 aliphatic rings. The third-order valence-corrected chi connectivity index (χ3v) is 2.85. The number of rotatable bonds is 2. The Balaban J connectivity index is 2.22. The molecule has 1 aliphatic heterocycles. The molecule has 0 spiro atoms. The van der Waals surface area contributed by atoms with E-state index in [2.05, 4.69) is 15.0 Å². The molecule has 2 atom stereocenters. The summed E-state index contributed by atoms with van der Waals surface area (Å²) < 4.78 is 5.68. The molecule has 1 aromatic heterocycles. The van der Waals surface area contributed by atoms with Crippen LogP contribution in [0.4, 0.5) is 5.82 Å². The van der Waals surface area contributed by atoms with Gasteiger partial charge in [0.15, 0.2) is 5.84 Å². The lowest BCUT2D eigenvalue weighted by atomic mass is 10.2.